The molecule has 0 amide bonds. The number of aliphatic hydroxyl groups excluding tert-OH is 1. The third kappa shape index (κ3) is 2.47. The highest BCUT2D eigenvalue weighted by Crippen LogP contribution is 2.28. The highest BCUT2D eigenvalue weighted by Gasteiger charge is 2.18. The minimum Gasteiger partial charge on any atom is -0.398 e. The zero-order valence-electron chi connectivity index (χ0n) is 10.0. The Morgan fingerprint density at radius 1 is 1.50 bits per heavy atom. The van der Waals surface area contributed by atoms with Crippen molar-refractivity contribution >= 4 is 17.3 Å². The van der Waals surface area contributed by atoms with Gasteiger partial charge in [-0.25, -0.2) is 4.68 Å². The number of hydrogen-bond donors (Lipinski definition) is 2. The number of halogens is 1. The van der Waals surface area contributed by atoms with Crippen molar-refractivity contribution in [2.24, 2.45) is 0 Å². The van der Waals surface area contributed by atoms with Gasteiger partial charge < -0.3 is 10.8 Å². The Labute approximate surface area is 110 Å². The summed E-state index contributed by atoms with van der Waals surface area (Å²) in [4.78, 5) is 0. The Hall–Kier alpha value is -1.59. The molecule has 0 bridgehead atoms. The van der Waals surface area contributed by atoms with Crippen LogP contribution < -0.4 is 5.73 Å². The van der Waals surface area contributed by atoms with E-state index in [2.05, 4.69) is 10.3 Å². The summed E-state index contributed by atoms with van der Waals surface area (Å²) in [6.07, 6.45) is 1.62. The summed E-state index contributed by atoms with van der Waals surface area (Å²) < 4.78 is 1.68. The van der Waals surface area contributed by atoms with Crippen molar-refractivity contribution in [2.75, 3.05) is 5.73 Å². The minimum absolute atomic E-state index is 0.458. The molecule has 0 aliphatic heterocycles. The van der Waals surface area contributed by atoms with Crippen LogP contribution in [-0.2, 0) is 6.54 Å². The summed E-state index contributed by atoms with van der Waals surface area (Å²) in [5, 5.41) is 18.6. The molecule has 0 saturated heterocycles. The lowest BCUT2D eigenvalue weighted by Crippen LogP contribution is -2.11. The number of rotatable bonds is 4. The molecule has 2 aromatic rings. The number of aliphatic hydroxyl groups is 1. The molecule has 3 N–H and O–H groups in total. The topological polar surface area (TPSA) is 77.0 Å². The fourth-order valence-electron chi connectivity index (χ4n) is 1.82. The molecule has 96 valence electrons. The van der Waals surface area contributed by atoms with E-state index in [0.717, 1.165) is 6.42 Å². The molecule has 18 heavy (non-hydrogen) atoms. The molecular formula is C12H15ClN4O. The highest BCUT2D eigenvalue weighted by atomic mass is 35.5. The van der Waals surface area contributed by atoms with Crippen molar-refractivity contribution in [3.05, 3.63) is 40.7 Å². The maximum absolute atomic E-state index is 10.3. The van der Waals surface area contributed by atoms with E-state index in [4.69, 9.17) is 17.3 Å². The minimum atomic E-state index is -0.844. The zero-order chi connectivity index (χ0) is 13.1. The van der Waals surface area contributed by atoms with Crippen LogP contribution in [0.15, 0.2) is 24.4 Å². The predicted molar refractivity (Wildman–Crippen MR) is 70.2 cm³/mol. The fraction of sp³-hybridized carbons (Fsp3) is 0.333. The zero-order valence-corrected chi connectivity index (χ0v) is 10.8. The number of aryl methyl sites for hydroxylation is 1. The van der Waals surface area contributed by atoms with Crippen LogP contribution in [0.4, 0.5) is 5.69 Å². The van der Waals surface area contributed by atoms with Crippen LogP contribution in [0.5, 0.6) is 0 Å². The van der Waals surface area contributed by atoms with Crippen LogP contribution >= 0.6 is 11.6 Å². The quantitative estimate of drug-likeness (QED) is 0.830. The first-order chi connectivity index (χ1) is 8.63. The van der Waals surface area contributed by atoms with E-state index in [1.807, 2.05) is 6.92 Å². The van der Waals surface area contributed by atoms with Crippen molar-refractivity contribution in [1.29, 1.82) is 0 Å². The predicted octanol–water partition coefficient (Wildman–Crippen LogP) is 2.01. The SMILES string of the molecule is CCCn1nncc1C(O)c1ccc(Cl)cc1N. The van der Waals surface area contributed by atoms with Gasteiger partial charge in [-0.15, -0.1) is 5.10 Å². The average molecular weight is 267 g/mol. The van der Waals surface area contributed by atoms with Gasteiger partial charge in [-0.05, 0) is 18.6 Å². The van der Waals surface area contributed by atoms with Gasteiger partial charge in [0.15, 0.2) is 0 Å². The Morgan fingerprint density at radius 3 is 2.94 bits per heavy atom. The van der Waals surface area contributed by atoms with Crippen LogP contribution in [-0.4, -0.2) is 20.1 Å². The van der Waals surface area contributed by atoms with Gasteiger partial charge in [-0.1, -0.05) is 29.8 Å². The number of hydrogen-bond acceptors (Lipinski definition) is 4. The maximum Gasteiger partial charge on any atom is 0.124 e. The van der Waals surface area contributed by atoms with Gasteiger partial charge in [0.1, 0.15) is 6.10 Å². The van der Waals surface area contributed by atoms with Gasteiger partial charge in [0.25, 0.3) is 0 Å². The molecule has 0 fully saturated rings. The van der Waals surface area contributed by atoms with Gasteiger partial charge in [0, 0.05) is 22.8 Å². The monoisotopic (exact) mass is 266 g/mol. The Morgan fingerprint density at radius 2 is 2.28 bits per heavy atom. The lowest BCUT2D eigenvalue weighted by molar-refractivity contribution is 0.208. The van der Waals surface area contributed by atoms with E-state index in [1.54, 1.807) is 29.1 Å². The molecule has 6 heteroatoms. The number of aromatic nitrogens is 3. The van der Waals surface area contributed by atoms with Crippen molar-refractivity contribution in [1.82, 2.24) is 15.0 Å². The summed E-state index contributed by atoms with van der Waals surface area (Å²) in [6.45, 7) is 2.74. The first-order valence-electron chi connectivity index (χ1n) is 5.75. The molecule has 0 aliphatic rings. The third-order valence-electron chi connectivity index (χ3n) is 2.71. The number of nitrogen functional groups attached to an aromatic ring is 1. The Bertz CT molecular complexity index is 541. The van der Waals surface area contributed by atoms with Gasteiger partial charge in [0.05, 0.1) is 11.9 Å². The van der Waals surface area contributed by atoms with E-state index in [-0.39, 0.29) is 0 Å². The normalized spacial score (nSPS) is 12.6. The van der Waals surface area contributed by atoms with E-state index < -0.39 is 6.10 Å². The van der Waals surface area contributed by atoms with Crippen molar-refractivity contribution < 1.29 is 5.11 Å². The molecule has 0 aliphatic carbocycles. The first kappa shape index (κ1) is 12.9. The molecule has 0 saturated carbocycles. The number of nitrogens with zero attached hydrogens (tertiary/aromatic N) is 3. The maximum atomic E-state index is 10.3. The molecule has 1 heterocycles. The largest absolute Gasteiger partial charge is 0.398 e. The average Bonchev–Trinajstić information content (AvgIpc) is 2.77. The molecule has 1 atom stereocenters. The van der Waals surface area contributed by atoms with Crippen LogP contribution in [0.25, 0.3) is 0 Å². The van der Waals surface area contributed by atoms with Crippen molar-refractivity contribution in [3.8, 4) is 0 Å². The van der Waals surface area contributed by atoms with E-state index in [9.17, 15) is 5.11 Å². The molecule has 0 radical (unpaired) electrons. The number of nitrogens with two attached hydrogens (primary N) is 1. The van der Waals surface area contributed by atoms with Crippen LogP contribution in [0.2, 0.25) is 5.02 Å². The van der Waals surface area contributed by atoms with E-state index in [1.165, 1.54) is 0 Å². The second kappa shape index (κ2) is 5.37. The van der Waals surface area contributed by atoms with Crippen LogP contribution in [0.3, 0.4) is 0 Å². The Kier molecular flexibility index (Phi) is 3.84. The lowest BCUT2D eigenvalue weighted by atomic mass is 10.0. The molecule has 1 unspecified atom stereocenters. The number of benzene rings is 1. The molecule has 0 spiro atoms. The molecule has 2 rings (SSSR count). The first-order valence-corrected chi connectivity index (χ1v) is 6.12. The Balaban J connectivity index is 2.35. The van der Waals surface area contributed by atoms with Crippen LogP contribution in [0, 0.1) is 0 Å². The molecular weight excluding hydrogens is 252 g/mol. The summed E-state index contributed by atoms with van der Waals surface area (Å²) >= 11 is 5.84. The van der Waals surface area contributed by atoms with Crippen LogP contribution in [0.1, 0.15) is 30.7 Å². The summed E-state index contributed by atoms with van der Waals surface area (Å²) in [6, 6.07) is 5.03. The standard InChI is InChI=1S/C12H15ClN4O/c1-2-5-17-11(7-15-16-17)12(18)9-4-3-8(13)6-10(9)14/h3-4,6-7,12,18H,2,5,14H2,1H3. The lowest BCUT2D eigenvalue weighted by Gasteiger charge is -2.14. The van der Waals surface area contributed by atoms with E-state index in [0.29, 0.717) is 28.5 Å². The van der Waals surface area contributed by atoms with Gasteiger partial charge >= 0.3 is 0 Å². The molecule has 1 aromatic heterocycles. The highest BCUT2D eigenvalue weighted by molar-refractivity contribution is 6.30. The second-order valence-corrected chi connectivity index (χ2v) is 4.49. The second-order valence-electron chi connectivity index (χ2n) is 4.06. The smallest absolute Gasteiger partial charge is 0.124 e. The van der Waals surface area contributed by atoms with Gasteiger partial charge in [-0.3, -0.25) is 0 Å². The van der Waals surface area contributed by atoms with Crippen molar-refractivity contribution in [2.45, 2.75) is 26.0 Å². The van der Waals surface area contributed by atoms with Crippen molar-refractivity contribution in [3.63, 3.8) is 0 Å². The van der Waals surface area contributed by atoms with Gasteiger partial charge in [0.2, 0.25) is 0 Å². The summed E-state index contributed by atoms with van der Waals surface area (Å²) in [5.41, 5.74) is 7.56. The molecule has 5 nitrogen and oxygen atoms in total. The third-order valence-corrected chi connectivity index (χ3v) is 2.94. The number of anilines is 1. The summed E-state index contributed by atoms with van der Waals surface area (Å²) in [7, 11) is 0. The van der Waals surface area contributed by atoms with Gasteiger partial charge in [-0.2, -0.15) is 0 Å². The fourth-order valence-corrected chi connectivity index (χ4v) is 2.00. The summed E-state index contributed by atoms with van der Waals surface area (Å²) in [5.74, 6) is 0. The van der Waals surface area contributed by atoms with E-state index >= 15 is 0 Å². The molecule has 1 aromatic carbocycles.